The molecule has 2 heteroatoms. The lowest BCUT2D eigenvalue weighted by atomic mass is 9.74. The molecule has 0 radical (unpaired) electrons. The Kier molecular flexibility index (Phi) is 3.68. The van der Waals surface area contributed by atoms with Gasteiger partial charge < -0.3 is 5.32 Å². The summed E-state index contributed by atoms with van der Waals surface area (Å²) in [6.45, 7) is 8.83. The van der Waals surface area contributed by atoms with Gasteiger partial charge in [0, 0.05) is 18.6 Å². The van der Waals surface area contributed by atoms with Gasteiger partial charge in [0.05, 0.1) is 0 Å². The second kappa shape index (κ2) is 5.13. The normalized spacial score (nSPS) is 38.3. The average Bonchev–Trinajstić information content (AvgIpc) is 3.14. The Bertz CT molecular complexity index is 283. The minimum atomic E-state index is 0.581. The minimum absolute atomic E-state index is 0.581. The Hall–Kier alpha value is -0.0800. The molecule has 0 amide bonds. The molecule has 1 heterocycles. The lowest BCUT2D eigenvalue weighted by Gasteiger charge is -2.41. The van der Waals surface area contributed by atoms with Crippen molar-refractivity contribution in [2.45, 2.75) is 70.9 Å². The van der Waals surface area contributed by atoms with Crippen LogP contribution in [0.1, 0.15) is 58.8 Å². The third-order valence-electron chi connectivity index (χ3n) is 5.35. The van der Waals surface area contributed by atoms with Gasteiger partial charge in [0.1, 0.15) is 0 Å². The Morgan fingerprint density at radius 1 is 1.11 bits per heavy atom. The van der Waals surface area contributed by atoms with Gasteiger partial charge in [-0.1, -0.05) is 20.3 Å². The third kappa shape index (κ3) is 3.08. The summed E-state index contributed by atoms with van der Waals surface area (Å²) in [5, 5.41) is 3.79. The van der Waals surface area contributed by atoms with Crippen molar-refractivity contribution in [1.82, 2.24) is 10.2 Å². The first-order valence-electron chi connectivity index (χ1n) is 8.11. The summed E-state index contributed by atoms with van der Waals surface area (Å²) in [6, 6.07) is 1.67. The number of nitrogens with zero attached hydrogens (tertiary/aromatic N) is 1. The molecule has 2 saturated carbocycles. The van der Waals surface area contributed by atoms with Crippen molar-refractivity contribution >= 4 is 0 Å². The Balaban J connectivity index is 1.62. The fourth-order valence-electron chi connectivity index (χ4n) is 4.09. The van der Waals surface area contributed by atoms with Crippen molar-refractivity contribution in [2.24, 2.45) is 11.3 Å². The summed E-state index contributed by atoms with van der Waals surface area (Å²) in [4.78, 5) is 2.84. The molecule has 1 aliphatic heterocycles. The number of nitrogens with one attached hydrogen (secondary N) is 1. The molecule has 2 unspecified atom stereocenters. The molecule has 3 fully saturated rings. The highest BCUT2D eigenvalue weighted by atomic mass is 15.2. The standard InChI is InChI=1S/C16H30N2/c1-16(2)8-3-5-14(11-16)18-10-4-9-17-15(12-18)13-6-7-13/h13-15,17H,3-12H2,1-2H3. The molecule has 104 valence electrons. The highest BCUT2D eigenvalue weighted by Gasteiger charge is 2.37. The molecule has 1 N–H and O–H groups in total. The zero-order chi connectivity index (χ0) is 12.6. The van der Waals surface area contributed by atoms with E-state index in [-0.39, 0.29) is 0 Å². The second-order valence-electron chi connectivity index (χ2n) is 7.66. The maximum absolute atomic E-state index is 3.79. The van der Waals surface area contributed by atoms with E-state index in [1.54, 1.807) is 0 Å². The summed E-state index contributed by atoms with van der Waals surface area (Å²) in [7, 11) is 0. The van der Waals surface area contributed by atoms with Crippen molar-refractivity contribution in [1.29, 1.82) is 0 Å². The van der Waals surface area contributed by atoms with Crippen molar-refractivity contribution in [3.63, 3.8) is 0 Å². The zero-order valence-corrected chi connectivity index (χ0v) is 12.3. The lowest BCUT2D eigenvalue weighted by Crippen LogP contribution is -2.46. The second-order valence-corrected chi connectivity index (χ2v) is 7.66. The van der Waals surface area contributed by atoms with Gasteiger partial charge in [0.25, 0.3) is 0 Å². The van der Waals surface area contributed by atoms with Crippen LogP contribution in [0.4, 0.5) is 0 Å². The molecule has 0 bridgehead atoms. The number of rotatable bonds is 2. The van der Waals surface area contributed by atoms with Gasteiger partial charge in [0.2, 0.25) is 0 Å². The van der Waals surface area contributed by atoms with E-state index in [4.69, 9.17) is 0 Å². The lowest BCUT2D eigenvalue weighted by molar-refractivity contribution is 0.0911. The smallest absolute Gasteiger partial charge is 0.0223 e. The molecule has 0 aromatic rings. The molecule has 1 saturated heterocycles. The summed E-state index contributed by atoms with van der Waals surface area (Å²) in [6.07, 6.45) is 10.0. The van der Waals surface area contributed by atoms with E-state index < -0.39 is 0 Å². The average molecular weight is 250 g/mol. The first kappa shape index (κ1) is 12.9. The summed E-state index contributed by atoms with van der Waals surface area (Å²) in [5.74, 6) is 1.00. The Morgan fingerprint density at radius 3 is 2.67 bits per heavy atom. The highest BCUT2D eigenvalue weighted by Crippen LogP contribution is 2.39. The monoisotopic (exact) mass is 250 g/mol. The van der Waals surface area contributed by atoms with Crippen LogP contribution in [0.5, 0.6) is 0 Å². The maximum atomic E-state index is 3.79. The fourth-order valence-corrected chi connectivity index (χ4v) is 4.09. The molecule has 0 spiro atoms. The molecule has 18 heavy (non-hydrogen) atoms. The largest absolute Gasteiger partial charge is 0.312 e. The van der Waals surface area contributed by atoms with Gasteiger partial charge in [0.15, 0.2) is 0 Å². The molecule has 2 nitrogen and oxygen atoms in total. The van der Waals surface area contributed by atoms with Crippen LogP contribution in [-0.4, -0.2) is 36.6 Å². The van der Waals surface area contributed by atoms with Crippen molar-refractivity contribution < 1.29 is 0 Å². The molecular formula is C16H30N2. The van der Waals surface area contributed by atoms with Crippen LogP contribution in [0.25, 0.3) is 0 Å². The summed E-state index contributed by atoms with van der Waals surface area (Å²) < 4.78 is 0. The van der Waals surface area contributed by atoms with E-state index in [0.717, 1.165) is 18.0 Å². The van der Waals surface area contributed by atoms with Gasteiger partial charge in [-0.25, -0.2) is 0 Å². The first-order chi connectivity index (χ1) is 8.64. The van der Waals surface area contributed by atoms with Gasteiger partial charge in [-0.15, -0.1) is 0 Å². The summed E-state index contributed by atoms with van der Waals surface area (Å²) >= 11 is 0. The van der Waals surface area contributed by atoms with E-state index in [0.29, 0.717) is 5.41 Å². The number of hydrogen-bond acceptors (Lipinski definition) is 2. The van der Waals surface area contributed by atoms with E-state index in [1.165, 1.54) is 64.6 Å². The van der Waals surface area contributed by atoms with Crippen LogP contribution in [-0.2, 0) is 0 Å². The minimum Gasteiger partial charge on any atom is -0.312 e. The van der Waals surface area contributed by atoms with Crippen LogP contribution in [0, 0.1) is 11.3 Å². The molecule has 3 aliphatic rings. The molecule has 0 aromatic heterocycles. The quantitative estimate of drug-likeness (QED) is 0.810. The van der Waals surface area contributed by atoms with Crippen molar-refractivity contribution in [3.05, 3.63) is 0 Å². The van der Waals surface area contributed by atoms with E-state index >= 15 is 0 Å². The van der Waals surface area contributed by atoms with Gasteiger partial charge in [-0.05, 0) is 62.9 Å². The zero-order valence-electron chi connectivity index (χ0n) is 12.3. The van der Waals surface area contributed by atoms with E-state index in [1.807, 2.05) is 0 Å². The van der Waals surface area contributed by atoms with Gasteiger partial charge >= 0.3 is 0 Å². The fraction of sp³-hybridized carbons (Fsp3) is 1.00. The maximum Gasteiger partial charge on any atom is 0.0223 e. The van der Waals surface area contributed by atoms with E-state index in [2.05, 4.69) is 24.1 Å². The molecule has 2 aliphatic carbocycles. The van der Waals surface area contributed by atoms with Crippen molar-refractivity contribution in [2.75, 3.05) is 19.6 Å². The van der Waals surface area contributed by atoms with Gasteiger partial charge in [-0.3, -0.25) is 4.90 Å². The third-order valence-corrected chi connectivity index (χ3v) is 5.35. The molecule has 3 rings (SSSR count). The van der Waals surface area contributed by atoms with Crippen LogP contribution in [0.2, 0.25) is 0 Å². The SMILES string of the molecule is CC1(C)CCCC(N2CCCNC(C3CC3)C2)C1. The predicted molar refractivity (Wildman–Crippen MR) is 76.7 cm³/mol. The molecule has 0 aromatic carbocycles. The van der Waals surface area contributed by atoms with Crippen LogP contribution >= 0.6 is 0 Å². The predicted octanol–water partition coefficient (Wildman–Crippen LogP) is 3.03. The van der Waals surface area contributed by atoms with Crippen LogP contribution in [0.3, 0.4) is 0 Å². The summed E-state index contributed by atoms with van der Waals surface area (Å²) in [5.41, 5.74) is 0.581. The molecular weight excluding hydrogens is 220 g/mol. The van der Waals surface area contributed by atoms with Gasteiger partial charge in [-0.2, -0.15) is 0 Å². The van der Waals surface area contributed by atoms with Crippen LogP contribution < -0.4 is 5.32 Å². The number of hydrogen-bond donors (Lipinski definition) is 1. The Morgan fingerprint density at radius 2 is 1.94 bits per heavy atom. The Labute approximate surface area is 113 Å². The van der Waals surface area contributed by atoms with E-state index in [9.17, 15) is 0 Å². The topological polar surface area (TPSA) is 15.3 Å². The first-order valence-corrected chi connectivity index (χ1v) is 8.11. The van der Waals surface area contributed by atoms with Crippen LogP contribution in [0.15, 0.2) is 0 Å². The van der Waals surface area contributed by atoms with Crippen molar-refractivity contribution in [3.8, 4) is 0 Å². The highest BCUT2D eigenvalue weighted by molar-refractivity contribution is 4.93. The molecule has 2 atom stereocenters.